The second kappa shape index (κ2) is 6.52. The van der Waals surface area contributed by atoms with Crippen LogP contribution in [0.2, 0.25) is 0 Å². The van der Waals surface area contributed by atoms with Crippen LogP contribution in [0.1, 0.15) is 18.1 Å². The lowest BCUT2D eigenvalue weighted by Crippen LogP contribution is -2.30. The minimum Gasteiger partial charge on any atom is -0.494 e. The molecule has 2 rings (SSSR count). The zero-order chi connectivity index (χ0) is 14.5. The smallest absolute Gasteiger partial charge is 0.165 e. The summed E-state index contributed by atoms with van der Waals surface area (Å²) in [4.78, 5) is 0. The number of aryl methyl sites for hydroxylation is 1. The summed E-state index contributed by atoms with van der Waals surface area (Å²) in [5, 5.41) is 7.60. The van der Waals surface area contributed by atoms with Crippen LogP contribution in [0.3, 0.4) is 0 Å². The highest BCUT2D eigenvalue weighted by molar-refractivity contribution is 5.29. The zero-order valence-corrected chi connectivity index (χ0v) is 12.1. The summed E-state index contributed by atoms with van der Waals surface area (Å²) in [6.07, 6.45) is 3.84. The molecule has 2 aromatic rings. The molecule has 0 radical (unpaired) electrons. The molecular weight excluding hydrogens is 257 g/mol. The van der Waals surface area contributed by atoms with E-state index in [9.17, 15) is 4.39 Å². The van der Waals surface area contributed by atoms with Gasteiger partial charge in [-0.1, -0.05) is 6.07 Å². The van der Waals surface area contributed by atoms with Gasteiger partial charge < -0.3 is 10.1 Å². The molecule has 0 saturated carbocycles. The Morgan fingerprint density at radius 3 is 2.85 bits per heavy atom. The van der Waals surface area contributed by atoms with Gasteiger partial charge in [-0.3, -0.25) is 4.68 Å². The maximum absolute atomic E-state index is 13.6. The predicted molar refractivity (Wildman–Crippen MR) is 76.2 cm³/mol. The van der Waals surface area contributed by atoms with E-state index in [1.807, 2.05) is 30.1 Å². The number of aromatic nitrogens is 2. The first-order valence-electron chi connectivity index (χ1n) is 6.63. The second-order valence-electron chi connectivity index (χ2n) is 4.99. The van der Waals surface area contributed by atoms with Gasteiger partial charge in [-0.2, -0.15) is 5.10 Å². The van der Waals surface area contributed by atoms with Crippen LogP contribution in [0.15, 0.2) is 30.6 Å². The molecule has 5 heteroatoms. The van der Waals surface area contributed by atoms with Crippen molar-refractivity contribution in [1.29, 1.82) is 0 Å². The highest BCUT2D eigenvalue weighted by Gasteiger charge is 2.06. The molecule has 1 aromatic heterocycles. The molecule has 1 heterocycles. The van der Waals surface area contributed by atoms with Gasteiger partial charge in [0.25, 0.3) is 0 Å². The summed E-state index contributed by atoms with van der Waals surface area (Å²) in [5.74, 6) is -0.0593. The van der Waals surface area contributed by atoms with Crippen molar-refractivity contribution in [3.63, 3.8) is 0 Å². The third-order valence-corrected chi connectivity index (χ3v) is 3.09. The van der Waals surface area contributed by atoms with E-state index in [1.165, 1.54) is 13.2 Å². The van der Waals surface area contributed by atoms with Gasteiger partial charge in [0.2, 0.25) is 0 Å². The molecule has 0 bridgehead atoms. The van der Waals surface area contributed by atoms with Crippen LogP contribution >= 0.6 is 0 Å². The normalized spacial score (nSPS) is 12.4. The van der Waals surface area contributed by atoms with Gasteiger partial charge in [-0.15, -0.1) is 0 Å². The summed E-state index contributed by atoms with van der Waals surface area (Å²) in [5.41, 5.74) is 2.04. The number of nitrogens with zero attached hydrogens (tertiary/aromatic N) is 2. The van der Waals surface area contributed by atoms with Crippen LogP contribution < -0.4 is 10.1 Å². The quantitative estimate of drug-likeness (QED) is 0.882. The summed E-state index contributed by atoms with van der Waals surface area (Å²) >= 11 is 0. The van der Waals surface area contributed by atoms with Crippen molar-refractivity contribution in [3.8, 4) is 5.75 Å². The number of ether oxygens (including phenoxy) is 1. The fourth-order valence-electron chi connectivity index (χ4n) is 2.02. The van der Waals surface area contributed by atoms with E-state index in [2.05, 4.69) is 17.3 Å². The van der Waals surface area contributed by atoms with Gasteiger partial charge in [0, 0.05) is 18.8 Å². The third-order valence-electron chi connectivity index (χ3n) is 3.09. The fraction of sp³-hybridized carbons (Fsp3) is 0.400. The molecule has 1 aromatic carbocycles. The molecule has 0 aliphatic rings. The summed E-state index contributed by atoms with van der Waals surface area (Å²) in [6, 6.07) is 5.25. The highest BCUT2D eigenvalue weighted by atomic mass is 19.1. The van der Waals surface area contributed by atoms with Crippen LogP contribution in [0.5, 0.6) is 5.75 Å². The molecule has 0 fully saturated rings. The van der Waals surface area contributed by atoms with E-state index in [1.54, 1.807) is 6.07 Å². The van der Waals surface area contributed by atoms with E-state index in [-0.39, 0.29) is 17.6 Å². The van der Waals surface area contributed by atoms with Gasteiger partial charge in [0.1, 0.15) is 0 Å². The molecule has 1 N–H and O–H groups in total. The van der Waals surface area contributed by atoms with Crippen molar-refractivity contribution in [2.45, 2.75) is 33.0 Å². The van der Waals surface area contributed by atoms with Crippen LogP contribution in [0, 0.1) is 12.7 Å². The average Bonchev–Trinajstić information content (AvgIpc) is 2.82. The molecular formula is C15H20FN3O. The lowest BCUT2D eigenvalue weighted by atomic mass is 10.2. The van der Waals surface area contributed by atoms with Crippen LogP contribution in [0.4, 0.5) is 4.39 Å². The molecule has 108 valence electrons. The second-order valence-corrected chi connectivity index (χ2v) is 4.99. The number of nitrogens with one attached hydrogen (secondary N) is 1. The number of halogens is 1. The summed E-state index contributed by atoms with van der Waals surface area (Å²) in [7, 11) is 1.46. The summed E-state index contributed by atoms with van der Waals surface area (Å²) in [6.45, 7) is 5.49. The number of methoxy groups -OCH3 is 1. The van der Waals surface area contributed by atoms with Crippen LogP contribution in [-0.4, -0.2) is 22.9 Å². The Bertz CT molecular complexity index is 568. The maximum atomic E-state index is 13.6. The van der Waals surface area contributed by atoms with Crippen LogP contribution in [-0.2, 0) is 13.1 Å². The molecule has 1 atom stereocenters. The SMILES string of the molecule is COc1ccc(CNC(C)Cn2cc(C)cn2)cc1F. The Kier molecular flexibility index (Phi) is 4.74. The lowest BCUT2D eigenvalue weighted by Gasteiger charge is -2.14. The molecule has 0 spiro atoms. The first kappa shape index (κ1) is 14.5. The summed E-state index contributed by atoms with van der Waals surface area (Å²) < 4.78 is 20.4. The van der Waals surface area contributed by atoms with Gasteiger partial charge in [0.05, 0.1) is 19.9 Å². The molecule has 1 unspecified atom stereocenters. The molecule has 0 saturated heterocycles. The van der Waals surface area contributed by atoms with Crippen molar-refractivity contribution in [1.82, 2.24) is 15.1 Å². The van der Waals surface area contributed by atoms with Crippen molar-refractivity contribution < 1.29 is 9.13 Å². The molecule has 20 heavy (non-hydrogen) atoms. The minimum atomic E-state index is -0.331. The Morgan fingerprint density at radius 1 is 1.45 bits per heavy atom. The zero-order valence-electron chi connectivity index (χ0n) is 12.1. The van der Waals surface area contributed by atoms with E-state index in [0.29, 0.717) is 6.54 Å². The largest absolute Gasteiger partial charge is 0.494 e. The number of benzene rings is 1. The molecule has 0 aliphatic heterocycles. The molecule has 0 aliphatic carbocycles. The van der Waals surface area contributed by atoms with Crippen molar-refractivity contribution in [2.75, 3.05) is 7.11 Å². The Labute approximate surface area is 118 Å². The van der Waals surface area contributed by atoms with Crippen molar-refractivity contribution in [2.24, 2.45) is 0 Å². The van der Waals surface area contributed by atoms with Gasteiger partial charge in [0.15, 0.2) is 11.6 Å². The van der Waals surface area contributed by atoms with Gasteiger partial charge in [-0.25, -0.2) is 4.39 Å². The monoisotopic (exact) mass is 277 g/mol. The van der Waals surface area contributed by atoms with Gasteiger partial charge >= 0.3 is 0 Å². The minimum absolute atomic E-state index is 0.250. The maximum Gasteiger partial charge on any atom is 0.165 e. The average molecular weight is 277 g/mol. The Hall–Kier alpha value is -1.88. The molecule has 4 nitrogen and oxygen atoms in total. The van der Waals surface area contributed by atoms with Crippen molar-refractivity contribution in [3.05, 3.63) is 47.5 Å². The first-order chi connectivity index (χ1) is 9.58. The topological polar surface area (TPSA) is 39.1 Å². The van der Waals surface area contributed by atoms with Gasteiger partial charge in [-0.05, 0) is 37.1 Å². The van der Waals surface area contributed by atoms with E-state index in [0.717, 1.165) is 17.7 Å². The van der Waals surface area contributed by atoms with E-state index in [4.69, 9.17) is 4.74 Å². The Morgan fingerprint density at radius 2 is 2.25 bits per heavy atom. The van der Waals surface area contributed by atoms with Crippen molar-refractivity contribution >= 4 is 0 Å². The van der Waals surface area contributed by atoms with E-state index < -0.39 is 0 Å². The number of hydrogen-bond donors (Lipinski definition) is 1. The standard InChI is InChI=1S/C15H20FN3O/c1-11-7-18-19(9-11)10-12(2)17-8-13-4-5-15(20-3)14(16)6-13/h4-7,9,12,17H,8,10H2,1-3H3. The number of hydrogen-bond acceptors (Lipinski definition) is 3. The lowest BCUT2D eigenvalue weighted by molar-refractivity contribution is 0.385. The predicted octanol–water partition coefficient (Wildman–Crippen LogP) is 2.52. The van der Waals surface area contributed by atoms with Crippen LogP contribution in [0.25, 0.3) is 0 Å². The van der Waals surface area contributed by atoms with E-state index >= 15 is 0 Å². The fourth-order valence-corrected chi connectivity index (χ4v) is 2.02. The Balaban J connectivity index is 1.86. The number of rotatable bonds is 6. The highest BCUT2D eigenvalue weighted by Crippen LogP contribution is 2.17. The molecule has 0 amide bonds. The third kappa shape index (κ3) is 3.81. The first-order valence-corrected chi connectivity index (χ1v) is 6.63.